The molecule has 1 aromatic rings. The van der Waals surface area contributed by atoms with E-state index in [0.29, 0.717) is 11.5 Å². The summed E-state index contributed by atoms with van der Waals surface area (Å²) < 4.78 is 0. The molecule has 1 atom stereocenters. The van der Waals surface area contributed by atoms with Crippen molar-refractivity contribution in [2.75, 3.05) is 11.9 Å². The lowest BCUT2D eigenvalue weighted by atomic mass is 9.80. The summed E-state index contributed by atoms with van der Waals surface area (Å²) in [6.45, 7) is 5.07. The monoisotopic (exact) mass is 261 g/mol. The third-order valence-electron chi connectivity index (χ3n) is 3.79. The molecule has 0 spiro atoms. The number of hydrogen-bond donors (Lipinski definition) is 2. The Bertz CT molecular complexity index is 429. The van der Waals surface area contributed by atoms with E-state index in [1.807, 2.05) is 6.07 Å². The summed E-state index contributed by atoms with van der Waals surface area (Å²) in [5.41, 5.74) is 0.680. The van der Waals surface area contributed by atoms with E-state index in [-0.39, 0.29) is 11.9 Å². The number of nitrogens with one attached hydrogen (secondary N) is 2. The highest BCUT2D eigenvalue weighted by molar-refractivity contribution is 5.94. The van der Waals surface area contributed by atoms with Crippen molar-refractivity contribution in [2.24, 2.45) is 5.92 Å². The number of aromatic nitrogens is 1. The minimum atomic E-state index is 0.00125. The highest BCUT2D eigenvalue weighted by Crippen LogP contribution is 2.29. The lowest BCUT2D eigenvalue weighted by Gasteiger charge is -2.31. The minimum absolute atomic E-state index is 0.00125. The topological polar surface area (TPSA) is 54.0 Å². The van der Waals surface area contributed by atoms with Gasteiger partial charge < -0.3 is 10.6 Å². The van der Waals surface area contributed by atoms with Gasteiger partial charge in [0.15, 0.2) is 0 Å². The maximum absolute atomic E-state index is 12.2. The summed E-state index contributed by atoms with van der Waals surface area (Å²) in [5.74, 6) is 1.43. The molecule has 0 saturated heterocycles. The van der Waals surface area contributed by atoms with E-state index < -0.39 is 0 Å². The van der Waals surface area contributed by atoms with Crippen molar-refractivity contribution >= 4 is 11.7 Å². The maximum atomic E-state index is 12.2. The Morgan fingerprint density at radius 2 is 2.32 bits per heavy atom. The van der Waals surface area contributed by atoms with Crippen molar-refractivity contribution in [3.05, 3.63) is 23.9 Å². The van der Waals surface area contributed by atoms with Crippen LogP contribution in [-0.4, -0.2) is 23.5 Å². The smallest absolute Gasteiger partial charge is 0.251 e. The minimum Gasteiger partial charge on any atom is -0.370 e. The fourth-order valence-corrected chi connectivity index (χ4v) is 2.27. The zero-order valence-electron chi connectivity index (χ0n) is 11.8. The molecule has 0 radical (unpaired) electrons. The summed E-state index contributed by atoms with van der Waals surface area (Å²) in [5, 5.41) is 6.28. The van der Waals surface area contributed by atoms with E-state index in [2.05, 4.69) is 29.5 Å². The molecule has 0 aliphatic heterocycles. The van der Waals surface area contributed by atoms with Crippen LogP contribution < -0.4 is 10.6 Å². The molecule has 4 heteroatoms. The second kappa shape index (κ2) is 6.55. The molecule has 1 aromatic heterocycles. The first-order valence-corrected chi connectivity index (χ1v) is 7.21. The summed E-state index contributed by atoms with van der Waals surface area (Å²) in [7, 11) is 0. The Morgan fingerprint density at radius 3 is 2.95 bits per heavy atom. The Balaban J connectivity index is 1.93. The molecule has 1 unspecified atom stereocenters. The van der Waals surface area contributed by atoms with Crippen LogP contribution in [0.5, 0.6) is 0 Å². The number of nitrogens with zero attached hydrogens (tertiary/aromatic N) is 1. The zero-order valence-corrected chi connectivity index (χ0v) is 11.8. The first-order chi connectivity index (χ1) is 9.20. The third-order valence-corrected chi connectivity index (χ3v) is 3.79. The Hall–Kier alpha value is -1.58. The lowest BCUT2D eigenvalue weighted by molar-refractivity contribution is 0.0909. The normalized spacial score (nSPS) is 16.5. The number of hydrogen-bond acceptors (Lipinski definition) is 3. The van der Waals surface area contributed by atoms with E-state index in [0.717, 1.165) is 18.8 Å². The highest BCUT2D eigenvalue weighted by atomic mass is 16.1. The van der Waals surface area contributed by atoms with Crippen LogP contribution in [0, 0.1) is 5.92 Å². The van der Waals surface area contributed by atoms with Crippen LogP contribution in [0.15, 0.2) is 18.3 Å². The molecule has 2 N–H and O–H groups in total. The molecule has 1 saturated carbocycles. The molecule has 1 amide bonds. The molecule has 4 nitrogen and oxygen atoms in total. The fourth-order valence-electron chi connectivity index (χ4n) is 2.27. The largest absolute Gasteiger partial charge is 0.370 e. The van der Waals surface area contributed by atoms with Crippen LogP contribution in [-0.2, 0) is 0 Å². The molecule has 0 aromatic carbocycles. The fraction of sp³-hybridized carbons (Fsp3) is 0.600. The van der Waals surface area contributed by atoms with Gasteiger partial charge in [0.1, 0.15) is 5.82 Å². The summed E-state index contributed by atoms with van der Waals surface area (Å²) in [6.07, 6.45) is 6.49. The number of carbonyl (C=O) groups excluding carboxylic acids is 1. The Kier molecular flexibility index (Phi) is 4.77. The van der Waals surface area contributed by atoms with Crippen molar-refractivity contribution in [3.63, 3.8) is 0 Å². The first-order valence-electron chi connectivity index (χ1n) is 7.21. The van der Waals surface area contributed by atoms with Crippen molar-refractivity contribution in [2.45, 2.75) is 45.6 Å². The van der Waals surface area contributed by atoms with Gasteiger partial charge in [0.2, 0.25) is 0 Å². The average Bonchev–Trinajstić information content (AvgIpc) is 2.34. The molecular weight excluding hydrogens is 238 g/mol. The molecule has 1 aliphatic carbocycles. The summed E-state index contributed by atoms with van der Waals surface area (Å²) in [4.78, 5) is 16.4. The lowest BCUT2D eigenvalue weighted by Crippen LogP contribution is -2.40. The Labute approximate surface area is 115 Å². The van der Waals surface area contributed by atoms with E-state index in [1.165, 1.54) is 19.3 Å². The second-order valence-electron chi connectivity index (χ2n) is 5.31. The average molecular weight is 261 g/mol. The van der Waals surface area contributed by atoms with Gasteiger partial charge in [0.25, 0.3) is 5.91 Å². The molecule has 19 heavy (non-hydrogen) atoms. The van der Waals surface area contributed by atoms with Gasteiger partial charge in [-0.25, -0.2) is 4.98 Å². The predicted molar refractivity (Wildman–Crippen MR) is 77.3 cm³/mol. The molecule has 104 valence electrons. The van der Waals surface area contributed by atoms with Crippen molar-refractivity contribution < 1.29 is 4.79 Å². The number of carbonyl (C=O) groups is 1. The number of pyridine rings is 1. The van der Waals surface area contributed by atoms with Crippen LogP contribution in [0.2, 0.25) is 0 Å². The van der Waals surface area contributed by atoms with Crippen LogP contribution in [0.3, 0.4) is 0 Å². The van der Waals surface area contributed by atoms with Gasteiger partial charge >= 0.3 is 0 Å². The zero-order chi connectivity index (χ0) is 13.7. The third kappa shape index (κ3) is 3.69. The summed E-state index contributed by atoms with van der Waals surface area (Å²) >= 11 is 0. The van der Waals surface area contributed by atoms with Gasteiger partial charge in [-0.1, -0.05) is 13.3 Å². The van der Waals surface area contributed by atoms with Crippen LogP contribution in [0.4, 0.5) is 5.82 Å². The SMILES string of the molecule is CCCNc1cc(C(=O)NC(C)C2CCC2)ccn1. The molecule has 1 fully saturated rings. The van der Waals surface area contributed by atoms with Gasteiger partial charge in [-0.15, -0.1) is 0 Å². The van der Waals surface area contributed by atoms with E-state index >= 15 is 0 Å². The number of amides is 1. The molecule has 2 rings (SSSR count). The maximum Gasteiger partial charge on any atom is 0.251 e. The van der Waals surface area contributed by atoms with Gasteiger partial charge in [0.05, 0.1) is 0 Å². The quantitative estimate of drug-likeness (QED) is 0.828. The first kappa shape index (κ1) is 13.8. The molecular formula is C15H23N3O. The van der Waals surface area contributed by atoms with Gasteiger partial charge in [-0.2, -0.15) is 0 Å². The Morgan fingerprint density at radius 1 is 1.53 bits per heavy atom. The van der Waals surface area contributed by atoms with Crippen molar-refractivity contribution in [3.8, 4) is 0 Å². The highest BCUT2D eigenvalue weighted by Gasteiger charge is 2.25. The van der Waals surface area contributed by atoms with Crippen molar-refractivity contribution in [1.29, 1.82) is 0 Å². The predicted octanol–water partition coefficient (Wildman–Crippen LogP) is 2.82. The van der Waals surface area contributed by atoms with Crippen LogP contribution >= 0.6 is 0 Å². The number of anilines is 1. The number of rotatable bonds is 6. The van der Waals surface area contributed by atoms with Crippen LogP contribution in [0.1, 0.15) is 49.9 Å². The summed E-state index contributed by atoms with van der Waals surface area (Å²) in [6, 6.07) is 3.85. The van der Waals surface area contributed by atoms with E-state index in [4.69, 9.17) is 0 Å². The van der Waals surface area contributed by atoms with E-state index in [1.54, 1.807) is 12.3 Å². The van der Waals surface area contributed by atoms with Gasteiger partial charge in [-0.3, -0.25) is 4.79 Å². The van der Waals surface area contributed by atoms with Crippen LogP contribution in [0.25, 0.3) is 0 Å². The van der Waals surface area contributed by atoms with Crippen molar-refractivity contribution in [1.82, 2.24) is 10.3 Å². The molecule has 0 bridgehead atoms. The van der Waals surface area contributed by atoms with Gasteiger partial charge in [-0.05, 0) is 44.2 Å². The van der Waals surface area contributed by atoms with Gasteiger partial charge in [0, 0.05) is 24.3 Å². The second-order valence-corrected chi connectivity index (χ2v) is 5.31. The molecule has 1 aliphatic rings. The van der Waals surface area contributed by atoms with E-state index in [9.17, 15) is 4.79 Å². The molecule has 1 heterocycles. The standard InChI is InChI=1S/C15H23N3O/c1-3-8-16-14-10-13(7-9-17-14)15(19)18-11(2)12-5-4-6-12/h7,9-12H,3-6,8H2,1-2H3,(H,16,17)(H,18,19).